The van der Waals surface area contributed by atoms with Crippen molar-refractivity contribution in [2.24, 2.45) is 0 Å². The number of hydrogen-bond donors (Lipinski definition) is 3. The van der Waals surface area contributed by atoms with Crippen LogP contribution in [0.2, 0.25) is 0 Å². The second kappa shape index (κ2) is 10.4. The molecule has 3 heterocycles. The van der Waals surface area contributed by atoms with Crippen molar-refractivity contribution < 1.29 is 14.6 Å². The van der Waals surface area contributed by atoms with E-state index in [4.69, 9.17) is 10.00 Å². The van der Waals surface area contributed by atoms with Gasteiger partial charge in [-0.05, 0) is 52.0 Å². The van der Waals surface area contributed by atoms with E-state index in [-0.39, 0.29) is 18.1 Å². The highest BCUT2D eigenvalue weighted by Gasteiger charge is 2.33. The quantitative estimate of drug-likeness (QED) is 0.450. The van der Waals surface area contributed by atoms with Crippen LogP contribution in [0.3, 0.4) is 0 Å². The SMILES string of the molecule is COC1CCC(O)(CCNC(=O)c2cnc(-n3ncc4cc(C#N)cnc43)cc2NC(C)C)CC1. The average Bonchev–Trinajstić information content (AvgIpc) is 3.27. The molecule has 3 aromatic rings. The Balaban J connectivity index is 1.50. The molecule has 0 aliphatic heterocycles. The Hall–Kier alpha value is -3.55. The molecule has 1 amide bonds. The first-order valence-corrected chi connectivity index (χ1v) is 11.9. The molecule has 10 nitrogen and oxygen atoms in total. The number of nitrogens with zero attached hydrogens (tertiary/aromatic N) is 5. The average molecular weight is 478 g/mol. The number of nitrogens with one attached hydrogen (secondary N) is 2. The van der Waals surface area contributed by atoms with E-state index in [1.54, 1.807) is 30.1 Å². The van der Waals surface area contributed by atoms with Gasteiger partial charge < -0.3 is 20.5 Å². The van der Waals surface area contributed by atoms with Crippen molar-refractivity contribution in [2.45, 2.75) is 63.7 Å². The molecule has 10 heteroatoms. The third-order valence-corrected chi connectivity index (χ3v) is 6.41. The van der Waals surface area contributed by atoms with Gasteiger partial charge in [-0.15, -0.1) is 0 Å². The van der Waals surface area contributed by atoms with Gasteiger partial charge >= 0.3 is 0 Å². The van der Waals surface area contributed by atoms with Gasteiger partial charge in [0, 0.05) is 43.5 Å². The van der Waals surface area contributed by atoms with Crippen LogP contribution < -0.4 is 10.6 Å². The summed E-state index contributed by atoms with van der Waals surface area (Å²) in [4.78, 5) is 21.8. The number of carbonyl (C=O) groups is 1. The summed E-state index contributed by atoms with van der Waals surface area (Å²) in [5.41, 5.74) is 1.28. The molecular formula is C25H31N7O3. The lowest BCUT2D eigenvalue weighted by Gasteiger charge is -2.35. The van der Waals surface area contributed by atoms with Gasteiger partial charge in [0.15, 0.2) is 11.5 Å². The van der Waals surface area contributed by atoms with E-state index >= 15 is 0 Å². The second-order valence-corrected chi connectivity index (χ2v) is 9.36. The number of fused-ring (bicyclic) bond motifs is 1. The Bertz CT molecular complexity index is 1240. The number of aromatic nitrogens is 4. The van der Waals surface area contributed by atoms with E-state index in [1.807, 2.05) is 13.8 Å². The van der Waals surface area contributed by atoms with Crippen molar-refractivity contribution in [1.29, 1.82) is 5.26 Å². The van der Waals surface area contributed by atoms with Crippen LogP contribution in [0, 0.1) is 11.3 Å². The Morgan fingerprint density at radius 2 is 2.06 bits per heavy atom. The zero-order chi connectivity index (χ0) is 25.0. The monoisotopic (exact) mass is 477 g/mol. The molecule has 3 aromatic heterocycles. The van der Waals surface area contributed by atoms with Crippen LogP contribution in [0.25, 0.3) is 16.9 Å². The Kier molecular flexibility index (Phi) is 7.28. The molecule has 1 saturated carbocycles. The molecule has 4 rings (SSSR count). The molecule has 3 N–H and O–H groups in total. The maximum absolute atomic E-state index is 13.0. The molecule has 1 aliphatic rings. The maximum Gasteiger partial charge on any atom is 0.254 e. The smallest absolute Gasteiger partial charge is 0.254 e. The molecule has 0 bridgehead atoms. The van der Waals surface area contributed by atoms with E-state index in [0.29, 0.717) is 54.1 Å². The zero-order valence-electron chi connectivity index (χ0n) is 20.3. The van der Waals surface area contributed by atoms with Gasteiger partial charge in [-0.25, -0.2) is 9.97 Å². The molecule has 0 saturated heterocycles. The van der Waals surface area contributed by atoms with Crippen LogP contribution in [0.5, 0.6) is 0 Å². The highest BCUT2D eigenvalue weighted by atomic mass is 16.5. The summed E-state index contributed by atoms with van der Waals surface area (Å²) in [6, 6.07) is 5.64. The zero-order valence-corrected chi connectivity index (χ0v) is 20.3. The molecular weight excluding hydrogens is 446 g/mol. The van der Waals surface area contributed by atoms with Gasteiger partial charge in [0.05, 0.1) is 34.7 Å². The lowest BCUT2D eigenvalue weighted by molar-refractivity contribution is -0.0473. The molecule has 35 heavy (non-hydrogen) atoms. The van der Waals surface area contributed by atoms with Crippen molar-refractivity contribution in [3.63, 3.8) is 0 Å². The number of aliphatic hydroxyl groups is 1. The number of rotatable bonds is 8. The van der Waals surface area contributed by atoms with Gasteiger partial charge in [-0.2, -0.15) is 15.0 Å². The fraction of sp³-hybridized carbons (Fsp3) is 0.480. The highest BCUT2D eigenvalue weighted by molar-refractivity contribution is 5.99. The van der Waals surface area contributed by atoms with Crippen LogP contribution in [-0.4, -0.2) is 62.2 Å². The summed E-state index contributed by atoms with van der Waals surface area (Å²) >= 11 is 0. The Labute approximate surface area is 204 Å². The van der Waals surface area contributed by atoms with Gasteiger partial charge in [0.2, 0.25) is 0 Å². The molecule has 1 fully saturated rings. The topological polar surface area (TPSA) is 138 Å². The third-order valence-electron chi connectivity index (χ3n) is 6.41. The van der Waals surface area contributed by atoms with Crippen LogP contribution in [-0.2, 0) is 4.74 Å². The van der Waals surface area contributed by atoms with Crippen LogP contribution in [0.15, 0.2) is 30.7 Å². The maximum atomic E-state index is 13.0. The first-order chi connectivity index (χ1) is 16.8. The summed E-state index contributed by atoms with van der Waals surface area (Å²) in [5, 5.41) is 31.3. The number of nitriles is 1. The Morgan fingerprint density at radius 1 is 1.29 bits per heavy atom. The summed E-state index contributed by atoms with van der Waals surface area (Å²) < 4.78 is 6.96. The fourth-order valence-corrected chi connectivity index (χ4v) is 4.44. The summed E-state index contributed by atoms with van der Waals surface area (Å²) in [6.45, 7) is 4.34. The predicted molar refractivity (Wildman–Crippen MR) is 131 cm³/mol. The lowest BCUT2D eigenvalue weighted by atomic mass is 9.81. The van der Waals surface area contributed by atoms with Gasteiger partial charge in [-0.1, -0.05) is 0 Å². The normalized spacial score (nSPS) is 20.1. The Morgan fingerprint density at radius 3 is 2.74 bits per heavy atom. The minimum atomic E-state index is -0.775. The number of anilines is 1. The fourth-order valence-electron chi connectivity index (χ4n) is 4.44. The van der Waals surface area contributed by atoms with Crippen LogP contribution >= 0.6 is 0 Å². The number of hydrogen-bond acceptors (Lipinski definition) is 8. The molecule has 0 unspecified atom stereocenters. The molecule has 0 radical (unpaired) electrons. The molecule has 0 spiro atoms. The van der Waals surface area contributed by atoms with Gasteiger partial charge in [-0.3, -0.25) is 4.79 Å². The third kappa shape index (κ3) is 5.58. The first kappa shape index (κ1) is 24.6. The van der Waals surface area contributed by atoms with Crippen LogP contribution in [0.4, 0.5) is 5.69 Å². The lowest BCUT2D eigenvalue weighted by Crippen LogP contribution is -2.40. The van der Waals surface area contributed by atoms with Gasteiger partial charge in [0.25, 0.3) is 5.91 Å². The van der Waals surface area contributed by atoms with Crippen molar-refractivity contribution in [2.75, 3.05) is 19.0 Å². The standard InChI is InChI=1S/C25H31N7O3/c1-16(2)31-21-11-22(32-23-18(14-30-32)10-17(12-26)13-29-23)28-15-20(21)24(33)27-9-8-25(34)6-4-19(35-3)5-7-25/h10-11,13-16,19,34H,4-9H2,1-3H3,(H,27,33)(H,28,31). The van der Waals surface area contributed by atoms with E-state index in [0.717, 1.165) is 18.2 Å². The van der Waals surface area contributed by atoms with E-state index in [2.05, 4.69) is 31.8 Å². The van der Waals surface area contributed by atoms with Crippen molar-refractivity contribution in [1.82, 2.24) is 25.1 Å². The van der Waals surface area contributed by atoms with Crippen LogP contribution in [0.1, 0.15) is 61.9 Å². The summed E-state index contributed by atoms with van der Waals surface area (Å²) in [5.74, 6) is 0.240. The minimum Gasteiger partial charge on any atom is -0.390 e. The number of carbonyl (C=O) groups excluding carboxylic acids is 1. The first-order valence-electron chi connectivity index (χ1n) is 11.9. The molecule has 184 valence electrons. The molecule has 1 aliphatic carbocycles. The summed E-state index contributed by atoms with van der Waals surface area (Å²) in [6.07, 6.45) is 8.31. The molecule has 0 atom stereocenters. The number of ether oxygens (including phenoxy) is 1. The number of methoxy groups -OCH3 is 1. The summed E-state index contributed by atoms with van der Waals surface area (Å²) in [7, 11) is 1.70. The van der Waals surface area contributed by atoms with Crippen molar-refractivity contribution in [3.05, 3.63) is 41.9 Å². The second-order valence-electron chi connectivity index (χ2n) is 9.36. The predicted octanol–water partition coefficient (Wildman–Crippen LogP) is 2.95. The highest BCUT2D eigenvalue weighted by Crippen LogP contribution is 2.32. The van der Waals surface area contributed by atoms with E-state index in [1.165, 1.54) is 12.4 Å². The van der Waals surface area contributed by atoms with Gasteiger partial charge in [0.1, 0.15) is 6.07 Å². The number of pyridine rings is 2. The molecule has 0 aromatic carbocycles. The number of amides is 1. The minimum absolute atomic E-state index is 0.0826. The van der Waals surface area contributed by atoms with Crippen molar-refractivity contribution >= 4 is 22.6 Å². The van der Waals surface area contributed by atoms with E-state index in [9.17, 15) is 9.90 Å². The van der Waals surface area contributed by atoms with E-state index < -0.39 is 5.60 Å². The van der Waals surface area contributed by atoms with Crippen molar-refractivity contribution in [3.8, 4) is 11.9 Å². The largest absolute Gasteiger partial charge is 0.390 e.